The van der Waals surface area contributed by atoms with Crippen LogP contribution in [-0.4, -0.2) is 31.5 Å². The van der Waals surface area contributed by atoms with Crippen molar-refractivity contribution in [3.05, 3.63) is 41.3 Å². The number of rotatable bonds is 8. The van der Waals surface area contributed by atoms with E-state index in [4.69, 9.17) is 20.8 Å². The molecule has 1 aromatic heterocycles. The summed E-state index contributed by atoms with van der Waals surface area (Å²) in [5, 5.41) is 0.0810. The summed E-state index contributed by atoms with van der Waals surface area (Å²) in [6.45, 7) is 12.0. The first kappa shape index (κ1) is 22.7. The summed E-state index contributed by atoms with van der Waals surface area (Å²) in [6, 6.07) is 3.87. The Morgan fingerprint density at radius 2 is 1.79 bits per heavy atom. The van der Waals surface area contributed by atoms with Crippen molar-refractivity contribution in [1.82, 2.24) is 9.97 Å². The number of benzene rings is 1. The van der Waals surface area contributed by atoms with Gasteiger partial charge in [-0.05, 0) is 54.7 Å². The highest BCUT2D eigenvalue weighted by atomic mass is 35.5. The average molecular weight is 429 g/mol. The van der Waals surface area contributed by atoms with Gasteiger partial charge >= 0.3 is 0 Å². The molecule has 0 aliphatic carbocycles. The topological polar surface area (TPSA) is 44.2 Å². The van der Waals surface area contributed by atoms with E-state index in [-0.39, 0.29) is 21.8 Å². The molecule has 4 nitrogen and oxygen atoms in total. The van der Waals surface area contributed by atoms with E-state index in [9.17, 15) is 8.78 Å². The third-order valence-corrected chi connectivity index (χ3v) is 9.70. The van der Waals surface area contributed by atoms with Gasteiger partial charge in [-0.3, -0.25) is 0 Å². The van der Waals surface area contributed by atoms with Gasteiger partial charge in [-0.1, -0.05) is 20.8 Å². The van der Waals surface area contributed by atoms with E-state index in [2.05, 4.69) is 43.8 Å². The fourth-order valence-electron chi connectivity index (χ4n) is 2.28. The van der Waals surface area contributed by atoms with Crippen LogP contribution in [0.1, 0.15) is 33.6 Å². The Balaban J connectivity index is 1.96. The lowest BCUT2D eigenvalue weighted by atomic mass is 10.1. The van der Waals surface area contributed by atoms with Crippen LogP contribution < -0.4 is 4.74 Å². The van der Waals surface area contributed by atoms with Crippen molar-refractivity contribution in [2.45, 2.75) is 51.7 Å². The molecule has 28 heavy (non-hydrogen) atoms. The fraction of sp³-hybridized carbons (Fsp3) is 0.500. The lowest BCUT2D eigenvalue weighted by Crippen LogP contribution is -2.41. The smallest absolute Gasteiger partial charge is 0.223 e. The van der Waals surface area contributed by atoms with Crippen LogP contribution >= 0.6 is 11.6 Å². The van der Waals surface area contributed by atoms with E-state index in [0.29, 0.717) is 18.8 Å². The van der Waals surface area contributed by atoms with Gasteiger partial charge in [0.05, 0.1) is 12.8 Å². The van der Waals surface area contributed by atoms with Crippen molar-refractivity contribution in [2.75, 3.05) is 13.2 Å². The Hall–Kier alpha value is -1.57. The summed E-state index contributed by atoms with van der Waals surface area (Å²) in [4.78, 5) is 7.50. The van der Waals surface area contributed by atoms with E-state index in [1.807, 2.05) is 0 Å². The molecular formula is C20H27ClF2N2O2Si. The van der Waals surface area contributed by atoms with Gasteiger partial charge in [-0.15, -0.1) is 0 Å². The number of hydrogen-bond donors (Lipinski definition) is 0. The molecule has 0 atom stereocenters. The number of nitrogens with zero attached hydrogens (tertiary/aromatic N) is 2. The summed E-state index contributed by atoms with van der Waals surface area (Å²) in [5.41, 5.74) is 0.317. The number of ether oxygens (including phenoxy) is 1. The molecular weight excluding hydrogens is 402 g/mol. The predicted molar refractivity (Wildman–Crippen MR) is 110 cm³/mol. The summed E-state index contributed by atoms with van der Waals surface area (Å²) in [7, 11) is -1.76. The zero-order chi connectivity index (χ0) is 20.9. The van der Waals surface area contributed by atoms with Crippen molar-refractivity contribution in [3.8, 4) is 17.0 Å². The summed E-state index contributed by atoms with van der Waals surface area (Å²) in [6.07, 6.45) is 2.54. The monoisotopic (exact) mass is 428 g/mol. The third-order valence-electron chi connectivity index (χ3n) is 4.98. The van der Waals surface area contributed by atoms with Gasteiger partial charge in [-0.2, -0.15) is 0 Å². The first-order valence-electron chi connectivity index (χ1n) is 9.26. The van der Waals surface area contributed by atoms with Gasteiger partial charge in [0.15, 0.2) is 14.1 Å². The second-order valence-electron chi connectivity index (χ2n) is 8.14. The summed E-state index contributed by atoms with van der Waals surface area (Å²) >= 11 is 5.77. The maximum Gasteiger partial charge on any atom is 0.223 e. The van der Waals surface area contributed by atoms with E-state index in [1.165, 1.54) is 18.2 Å². The first-order chi connectivity index (χ1) is 13.0. The van der Waals surface area contributed by atoms with Crippen LogP contribution in [0.15, 0.2) is 24.4 Å². The van der Waals surface area contributed by atoms with Crippen molar-refractivity contribution >= 4 is 19.9 Å². The molecule has 0 amide bonds. The molecule has 0 fully saturated rings. The molecule has 0 unspecified atom stereocenters. The van der Waals surface area contributed by atoms with Gasteiger partial charge in [0.25, 0.3) is 0 Å². The number of halogens is 3. The van der Waals surface area contributed by atoms with Crippen molar-refractivity contribution < 1.29 is 17.9 Å². The van der Waals surface area contributed by atoms with Crippen molar-refractivity contribution in [1.29, 1.82) is 0 Å². The lowest BCUT2D eigenvalue weighted by Gasteiger charge is -2.36. The van der Waals surface area contributed by atoms with Crippen LogP contribution in [0.4, 0.5) is 8.78 Å². The second-order valence-corrected chi connectivity index (χ2v) is 13.3. The highest BCUT2D eigenvalue weighted by molar-refractivity contribution is 6.74. The average Bonchev–Trinajstić information content (AvgIpc) is 2.59. The SMILES string of the molecule is CC(C)(C)[Si](C)(C)OCCCCOc1cc(F)ccc1-c1nc(Cl)ncc1F. The summed E-state index contributed by atoms with van der Waals surface area (Å²) in [5.74, 6) is -0.900. The maximum absolute atomic E-state index is 14.1. The molecule has 2 aromatic rings. The largest absolute Gasteiger partial charge is 0.493 e. The minimum absolute atomic E-state index is 0.0174. The Morgan fingerprint density at radius 3 is 2.46 bits per heavy atom. The quantitative estimate of drug-likeness (QED) is 0.283. The normalized spacial score (nSPS) is 12.3. The minimum Gasteiger partial charge on any atom is -0.493 e. The van der Waals surface area contributed by atoms with Crippen LogP contribution in [0.3, 0.4) is 0 Å². The Bertz CT molecular complexity index is 813. The molecule has 0 bridgehead atoms. The molecule has 154 valence electrons. The standard InChI is InChI=1S/C20H27ClF2N2O2Si/c1-20(2,3)28(4,5)27-11-7-6-10-26-17-12-14(22)8-9-15(17)18-16(23)13-24-19(21)25-18/h8-9,12-13H,6-7,10-11H2,1-5H3. The van der Waals surface area contributed by atoms with Gasteiger partial charge < -0.3 is 9.16 Å². The van der Waals surface area contributed by atoms with E-state index < -0.39 is 20.0 Å². The molecule has 0 aliphatic rings. The van der Waals surface area contributed by atoms with Crippen LogP contribution in [0, 0.1) is 11.6 Å². The van der Waals surface area contributed by atoms with Gasteiger partial charge in [-0.25, -0.2) is 18.7 Å². The zero-order valence-corrected chi connectivity index (χ0v) is 18.7. The van der Waals surface area contributed by atoms with E-state index in [0.717, 1.165) is 19.0 Å². The molecule has 1 aromatic carbocycles. The molecule has 0 aliphatic heterocycles. The molecule has 0 spiro atoms. The fourth-order valence-corrected chi connectivity index (χ4v) is 3.50. The highest BCUT2D eigenvalue weighted by Crippen LogP contribution is 2.36. The Kier molecular flexibility index (Phi) is 7.53. The Labute approximate surface area is 171 Å². The molecule has 0 radical (unpaired) electrons. The molecule has 8 heteroatoms. The van der Waals surface area contributed by atoms with Crippen molar-refractivity contribution in [3.63, 3.8) is 0 Å². The number of hydrogen-bond acceptors (Lipinski definition) is 4. The molecule has 0 saturated carbocycles. The molecule has 1 heterocycles. The summed E-state index contributed by atoms with van der Waals surface area (Å²) < 4.78 is 39.6. The van der Waals surface area contributed by atoms with Crippen molar-refractivity contribution in [2.24, 2.45) is 0 Å². The highest BCUT2D eigenvalue weighted by Gasteiger charge is 2.36. The van der Waals surface area contributed by atoms with Crippen LogP contribution in [-0.2, 0) is 4.43 Å². The lowest BCUT2D eigenvalue weighted by molar-refractivity contribution is 0.252. The van der Waals surface area contributed by atoms with E-state index >= 15 is 0 Å². The minimum atomic E-state index is -1.76. The van der Waals surface area contributed by atoms with Gasteiger partial charge in [0.1, 0.15) is 17.3 Å². The van der Waals surface area contributed by atoms with E-state index in [1.54, 1.807) is 0 Å². The van der Waals surface area contributed by atoms with Gasteiger partial charge in [0.2, 0.25) is 5.28 Å². The molecule has 2 rings (SSSR count). The van der Waals surface area contributed by atoms with Crippen LogP contribution in [0.5, 0.6) is 5.75 Å². The third kappa shape index (κ3) is 5.96. The molecule has 0 saturated heterocycles. The first-order valence-corrected chi connectivity index (χ1v) is 12.5. The zero-order valence-electron chi connectivity index (χ0n) is 17.0. The Morgan fingerprint density at radius 1 is 1.11 bits per heavy atom. The molecule has 0 N–H and O–H groups in total. The number of aromatic nitrogens is 2. The predicted octanol–water partition coefficient (Wildman–Crippen LogP) is 6.26. The van der Waals surface area contributed by atoms with Crippen LogP contribution in [0.25, 0.3) is 11.3 Å². The van der Waals surface area contributed by atoms with Gasteiger partial charge in [0, 0.05) is 18.2 Å². The second kappa shape index (κ2) is 9.28. The maximum atomic E-state index is 14.1. The number of unbranched alkanes of at least 4 members (excludes halogenated alkanes) is 1. The van der Waals surface area contributed by atoms with Crippen LogP contribution in [0.2, 0.25) is 23.4 Å².